The van der Waals surface area contributed by atoms with Crippen LogP contribution in [0.15, 0.2) is 60.4 Å². The number of carbonyl (C=O) groups excluding carboxylic acids is 1. The Bertz CT molecular complexity index is 766. The number of piperidine rings is 1. The maximum Gasteiger partial charge on any atom is 0.244 e. The molecule has 3 unspecified atom stereocenters. The summed E-state index contributed by atoms with van der Waals surface area (Å²) in [6.07, 6.45) is 14.0. The van der Waals surface area contributed by atoms with Crippen molar-refractivity contribution in [2.24, 2.45) is 5.92 Å². The van der Waals surface area contributed by atoms with E-state index < -0.39 is 0 Å². The van der Waals surface area contributed by atoms with Crippen LogP contribution in [0.4, 0.5) is 0 Å². The number of fused-ring (bicyclic) bond motifs is 1. The zero-order valence-corrected chi connectivity index (χ0v) is 21.6. The zero-order chi connectivity index (χ0) is 24.5. The smallest absolute Gasteiger partial charge is 0.244 e. The maximum atomic E-state index is 12.1. The van der Waals surface area contributed by atoms with Gasteiger partial charge in [0.05, 0.1) is 6.61 Å². The van der Waals surface area contributed by atoms with Crippen molar-refractivity contribution in [3.05, 3.63) is 60.4 Å². The monoisotopic (exact) mass is 455 g/mol. The number of rotatable bonds is 14. The van der Waals surface area contributed by atoms with E-state index in [9.17, 15) is 4.79 Å². The van der Waals surface area contributed by atoms with Crippen molar-refractivity contribution in [2.75, 3.05) is 27.2 Å². The fourth-order valence-corrected chi connectivity index (χ4v) is 4.61. The van der Waals surface area contributed by atoms with Crippen molar-refractivity contribution in [2.45, 2.75) is 77.5 Å². The number of nitrogens with zero attached hydrogens (tertiary/aromatic N) is 2. The van der Waals surface area contributed by atoms with Gasteiger partial charge in [-0.05, 0) is 77.7 Å². The molecule has 5 heteroatoms. The second-order valence-electron chi connectivity index (χ2n) is 10.2. The number of unbranched alkanes of at least 4 members (excludes halogenated alkanes) is 1. The third-order valence-electron chi connectivity index (χ3n) is 6.24. The summed E-state index contributed by atoms with van der Waals surface area (Å²) in [5, 5.41) is 3.14. The van der Waals surface area contributed by atoms with Gasteiger partial charge in [0.2, 0.25) is 5.91 Å². The quantitative estimate of drug-likeness (QED) is 0.134. The molecule has 0 bridgehead atoms. The summed E-state index contributed by atoms with van der Waals surface area (Å²) in [5.74, 6) is 1.17. The molecule has 1 aliphatic heterocycles. The molecule has 0 radical (unpaired) electrons. The van der Waals surface area contributed by atoms with E-state index in [0.29, 0.717) is 30.7 Å². The van der Waals surface area contributed by atoms with Crippen LogP contribution < -0.4 is 5.32 Å². The highest BCUT2D eigenvalue weighted by Gasteiger charge is 2.56. The van der Waals surface area contributed by atoms with Gasteiger partial charge in [0.15, 0.2) is 0 Å². The van der Waals surface area contributed by atoms with E-state index in [1.807, 2.05) is 13.0 Å². The Morgan fingerprint density at radius 2 is 1.76 bits per heavy atom. The molecule has 2 aliphatic rings. The normalized spacial score (nSPS) is 25.6. The number of hydrogen-bond donors (Lipinski definition) is 1. The third kappa shape index (κ3) is 9.34. The highest BCUT2D eigenvalue weighted by atomic mass is 16.5. The number of nitrogens with one attached hydrogen (secondary N) is 1. The van der Waals surface area contributed by atoms with Crippen LogP contribution in [0.3, 0.4) is 0 Å². The Kier molecular flexibility index (Phi) is 10.6. The second-order valence-corrected chi connectivity index (χ2v) is 10.2. The molecular formula is C28H45N3O2. The number of amides is 1. The number of likely N-dealkylation sites (tertiary alicyclic amines) is 1. The lowest BCUT2D eigenvalue weighted by molar-refractivity contribution is -0.117. The van der Waals surface area contributed by atoms with Crippen LogP contribution in [0.1, 0.15) is 53.4 Å². The van der Waals surface area contributed by atoms with Gasteiger partial charge in [-0.15, -0.1) is 0 Å². The summed E-state index contributed by atoms with van der Waals surface area (Å²) >= 11 is 0. The Balaban J connectivity index is 1.83. The van der Waals surface area contributed by atoms with E-state index in [1.54, 1.807) is 12.2 Å². The van der Waals surface area contributed by atoms with E-state index in [-0.39, 0.29) is 11.9 Å². The molecular weight excluding hydrogens is 410 g/mol. The van der Waals surface area contributed by atoms with Crippen molar-refractivity contribution >= 4 is 5.91 Å². The lowest BCUT2D eigenvalue weighted by Crippen LogP contribution is -2.36. The van der Waals surface area contributed by atoms with Gasteiger partial charge >= 0.3 is 0 Å². The summed E-state index contributed by atoms with van der Waals surface area (Å²) < 4.78 is 5.80. The van der Waals surface area contributed by atoms with Gasteiger partial charge in [-0.3, -0.25) is 9.69 Å². The summed E-state index contributed by atoms with van der Waals surface area (Å²) in [7, 11) is 4.18. The highest BCUT2D eigenvalue weighted by molar-refractivity contribution is 5.88. The lowest BCUT2D eigenvalue weighted by Gasteiger charge is -2.23. The molecule has 1 N–H and O–H groups in total. The van der Waals surface area contributed by atoms with Crippen LogP contribution >= 0.6 is 0 Å². The summed E-state index contributed by atoms with van der Waals surface area (Å²) in [5.41, 5.74) is 2.19. The first kappa shape index (κ1) is 27.1. The van der Waals surface area contributed by atoms with E-state index in [0.717, 1.165) is 43.6 Å². The SMILES string of the molecule is C=C(C)/C=C/C(=O)NC1CC2C(C1)N2C(C)C(/C=C\C(=C)OCCCCN(C)C)=C/C(C)C. The van der Waals surface area contributed by atoms with Crippen LogP contribution in [0.5, 0.6) is 0 Å². The minimum absolute atomic E-state index is 0.0209. The van der Waals surface area contributed by atoms with Gasteiger partial charge in [-0.25, -0.2) is 0 Å². The molecule has 1 saturated heterocycles. The van der Waals surface area contributed by atoms with E-state index in [4.69, 9.17) is 4.74 Å². The standard InChI is InChI=1S/C28H45N3O2/c1-20(2)11-14-28(32)29-25-18-26-27(19-25)31(26)23(6)24(17-21(3)4)13-12-22(5)33-16-10-9-15-30(7)8/h11-14,17,21,23,25-27H,1,5,9-10,15-16,18-19H2,2-4,6-8H3,(H,29,32)/b13-12-,14-11+,24-17+. The minimum Gasteiger partial charge on any atom is -0.494 e. The van der Waals surface area contributed by atoms with Crippen LogP contribution in [0.25, 0.3) is 0 Å². The topological polar surface area (TPSA) is 44.6 Å². The zero-order valence-electron chi connectivity index (χ0n) is 21.6. The average Bonchev–Trinajstić information content (AvgIpc) is 3.23. The predicted molar refractivity (Wildman–Crippen MR) is 139 cm³/mol. The molecule has 2 rings (SSSR count). The van der Waals surface area contributed by atoms with Crippen molar-refractivity contribution in [1.82, 2.24) is 15.1 Å². The molecule has 1 saturated carbocycles. The number of ether oxygens (including phenoxy) is 1. The Morgan fingerprint density at radius 1 is 1.09 bits per heavy atom. The molecule has 0 aromatic heterocycles. The molecule has 5 nitrogen and oxygen atoms in total. The minimum atomic E-state index is -0.0209. The fourth-order valence-electron chi connectivity index (χ4n) is 4.61. The van der Waals surface area contributed by atoms with E-state index in [1.165, 1.54) is 5.57 Å². The number of carbonyl (C=O) groups is 1. The summed E-state index contributed by atoms with van der Waals surface area (Å²) in [6.45, 7) is 18.3. The lowest BCUT2D eigenvalue weighted by atomic mass is 10.0. The number of allylic oxidation sites excluding steroid dienone is 4. The first-order chi connectivity index (χ1) is 15.6. The largest absolute Gasteiger partial charge is 0.494 e. The third-order valence-corrected chi connectivity index (χ3v) is 6.24. The van der Waals surface area contributed by atoms with Crippen molar-refractivity contribution in [3.8, 4) is 0 Å². The average molecular weight is 456 g/mol. The molecule has 0 aromatic carbocycles. The number of hydrogen-bond acceptors (Lipinski definition) is 4. The molecule has 2 fully saturated rings. The van der Waals surface area contributed by atoms with Gasteiger partial charge in [-0.2, -0.15) is 0 Å². The fraction of sp³-hybridized carbons (Fsp3) is 0.607. The van der Waals surface area contributed by atoms with Crippen molar-refractivity contribution < 1.29 is 9.53 Å². The molecule has 33 heavy (non-hydrogen) atoms. The molecule has 3 atom stereocenters. The first-order valence-corrected chi connectivity index (χ1v) is 12.4. The van der Waals surface area contributed by atoms with E-state index in [2.05, 4.69) is 75.3 Å². The second kappa shape index (κ2) is 13.0. The summed E-state index contributed by atoms with van der Waals surface area (Å²) in [6, 6.07) is 1.71. The molecule has 0 spiro atoms. The van der Waals surface area contributed by atoms with Crippen LogP contribution in [0, 0.1) is 5.92 Å². The highest BCUT2D eigenvalue weighted by Crippen LogP contribution is 2.45. The summed E-state index contributed by atoms with van der Waals surface area (Å²) in [4.78, 5) is 16.8. The van der Waals surface area contributed by atoms with Crippen LogP contribution in [-0.2, 0) is 9.53 Å². The van der Waals surface area contributed by atoms with E-state index >= 15 is 0 Å². The van der Waals surface area contributed by atoms with Crippen LogP contribution in [-0.4, -0.2) is 67.1 Å². The molecule has 1 heterocycles. The van der Waals surface area contributed by atoms with Crippen LogP contribution in [0.2, 0.25) is 0 Å². The molecule has 1 aliphatic carbocycles. The van der Waals surface area contributed by atoms with Gasteiger partial charge < -0.3 is 15.0 Å². The van der Waals surface area contributed by atoms with Gasteiger partial charge in [0.1, 0.15) is 5.76 Å². The van der Waals surface area contributed by atoms with Crippen molar-refractivity contribution in [1.29, 1.82) is 0 Å². The maximum absolute atomic E-state index is 12.1. The van der Waals surface area contributed by atoms with Gasteiger partial charge in [0.25, 0.3) is 0 Å². The molecule has 184 valence electrons. The van der Waals surface area contributed by atoms with Crippen molar-refractivity contribution in [3.63, 3.8) is 0 Å². The first-order valence-electron chi connectivity index (χ1n) is 12.4. The van der Waals surface area contributed by atoms with Gasteiger partial charge in [-0.1, -0.05) is 50.8 Å². The molecule has 1 amide bonds. The Labute approximate surface area is 201 Å². The van der Waals surface area contributed by atoms with Gasteiger partial charge in [0, 0.05) is 30.2 Å². The Hall–Kier alpha value is -2.11. The molecule has 0 aromatic rings. The Morgan fingerprint density at radius 3 is 2.33 bits per heavy atom. The predicted octanol–water partition coefficient (Wildman–Crippen LogP) is 4.85.